The van der Waals surface area contributed by atoms with Crippen molar-refractivity contribution < 1.29 is 9.53 Å². The quantitative estimate of drug-likeness (QED) is 0.784. The maximum absolute atomic E-state index is 12.8. The van der Waals surface area contributed by atoms with Crippen LogP contribution < -0.4 is 10.1 Å². The first-order chi connectivity index (χ1) is 12.7. The Morgan fingerprint density at radius 2 is 1.96 bits per heavy atom. The van der Waals surface area contributed by atoms with E-state index in [0.717, 1.165) is 37.5 Å². The highest BCUT2D eigenvalue weighted by Crippen LogP contribution is 2.21. The largest absolute Gasteiger partial charge is 0.486 e. The van der Waals surface area contributed by atoms with Crippen LogP contribution in [0.4, 0.5) is 0 Å². The molecular weight excluding hydrogens is 328 g/mol. The van der Waals surface area contributed by atoms with Gasteiger partial charge in [0.1, 0.15) is 18.0 Å². The van der Waals surface area contributed by atoms with E-state index in [-0.39, 0.29) is 5.91 Å². The second-order valence-electron chi connectivity index (χ2n) is 6.53. The molecule has 6 nitrogen and oxygen atoms in total. The Morgan fingerprint density at radius 3 is 2.81 bits per heavy atom. The van der Waals surface area contributed by atoms with Gasteiger partial charge in [-0.15, -0.1) is 0 Å². The van der Waals surface area contributed by atoms with Crippen molar-refractivity contribution in [1.29, 1.82) is 0 Å². The monoisotopic (exact) mass is 350 g/mol. The minimum atomic E-state index is 0.0210. The molecule has 1 fully saturated rings. The summed E-state index contributed by atoms with van der Waals surface area (Å²) in [4.78, 5) is 19.2. The zero-order valence-electron chi connectivity index (χ0n) is 14.8. The number of imidazole rings is 1. The van der Waals surface area contributed by atoms with Crippen molar-refractivity contribution in [2.24, 2.45) is 0 Å². The molecule has 26 heavy (non-hydrogen) atoms. The Labute approximate surface area is 152 Å². The van der Waals surface area contributed by atoms with Crippen molar-refractivity contribution in [3.05, 3.63) is 65.6 Å². The number of pyridine rings is 1. The van der Waals surface area contributed by atoms with E-state index in [1.54, 1.807) is 0 Å². The lowest BCUT2D eigenvalue weighted by atomic mass is 10.1. The van der Waals surface area contributed by atoms with Crippen LogP contribution in [0.1, 0.15) is 21.6 Å². The average Bonchev–Trinajstić information content (AvgIpc) is 3.08. The zero-order valence-corrected chi connectivity index (χ0v) is 14.8. The van der Waals surface area contributed by atoms with Crippen molar-refractivity contribution in [3.8, 4) is 5.75 Å². The normalized spacial score (nSPS) is 14.6. The Hall–Kier alpha value is -2.86. The van der Waals surface area contributed by atoms with Crippen molar-refractivity contribution in [2.75, 3.05) is 26.2 Å². The van der Waals surface area contributed by atoms with Crippen molar-refractivity contribution in [1.82, 2.24) is 19.6 Å². The lowest BCUT2D eigenvalue weighted by Crippen LogP contribution is -2.46. The summed E-state index contributed by atoms with van der Waals surface area (Å²) in [5.74, 6) is 0.622. The number of fused-ring (bicyclic) bond motifs is 1. The molecular formula is C20H22N4O2. The van der Waals surface area contributed by atoms with Gasteiger partial charge in [0.05, 0.1) is 11.3 Å². The van der Waals surface area contributed by atoms with Crippen LogP contribution in [0.3, 0.4) is 0 Å². The van der Waals surface area contributed by atoms with Gasteiger partial charge in [-0.2, -0.15) is 0 Å². The molecule has 0 atom stereocenters. The molecule has 3 aromatic rings. The molecule has 1 N–H and O–H groups in total. The van der Waals surface area contributed by atoms with E-state index in [4.69, 9.17) is 4.74 Å². The number of carbonyl (C=O) groups excluding carboxylic acids is 1. The number of aromatic nitrogens is 2. The van der Waals surface area contributed by atoms with Gasteiger partial charge in [0.2, 0.25) is 0 Å². The van der Waals surface area contributed by atoms with E-state index in [1.165, 1.54) is 5.56 Å². The van der Waals surface area contributed by atoms with E-state index < -0.39 is 0 Å². The fourth-order valence-corrected chi connectivity index (χ4v) is 3.18. The predicted octanol–water partition coefficient (Wildman–Crippen LogP) is 2.27. The number of benzene rings is 1. The second-order valence-corrected chi connectivity index (χ2v) is 6.53. The molecule has 0 aliphatic carbocycles. The van der Waals surface area contributed by atoms with Gasteiger partial charge in [-0.25, -0.2) is 4.98 Å². The molecule has 0 spiro atoms. The van der Waals surface area contributed by atoms with E-state index in [9.17, 15) is 4.79 Å². The Kier molecular flexibility index (Phi) is 4.58. The van der Waals surface area contributed by atoms with E-state index in [1.807, 2.05) is 65.0 Å². The molecule has 2 aromatic heterocycles. The fourth-order valence-electron chi connectivity index (χ4n) is 3.18. The maximum Gasteiger partial charge on any atom is 0.257 e. The van der Waals surface area contributed by atoms with E-state index in [0.29, 0.717) is 17.9 Å². The van der Waals surface area contributed by atoms with Gasteiger partial charge in [0, 0.05) is 38.6 Å². The molecule has 1 aliphatic rings. The Morgan fingerprint density at radius 1 is 1.15 bits per heavy atom. The molecule has 1 aliphatic heterocycles. The molecule has 1 saturated heterocycles. The highest BCUT2D eigenvalue weighted by Gasteiger charge is 2.21. The fraction of sp³-hybridized carbons (Fsp3) is 0.300. The van der Waals surface area contributed by atoms with Crippen LogP contribution >= 0.6 is 0 Å². The minimum absolute atomic E-state index is 0.0210. The summed E-state index contributed by atoms with van der Waals surface area (Å²) >= 11 is 0. The van der Waals surface area contributed by atoms with Gasteiger partial charge >= 0.3 is 0 Å². The first-order valence-electron chi connectivity index (χ1n) is 8.87. The summed E-state index contributed by atoms with van der Waals surface area (Å²) in [6.07, 6.45) is 4.00. The summed E-state index contributed by atoms with van der Waals surface area (Å²) in [5, 5.41) is 3.26. The summed E-state index contributed by atoms with van der Waals surface area (Å²) in [6, 6.07) is 11.4. The maximum atomic E-state index is 12.8. The van der Waals surface area contributed by atoms with Gasteiger partial charge in [0.15, 0.2) is 0 Å². The van der Waals surface area contributed by atoms with Crippen LogP contribution in [0.15, 0.2) is 48.8 Å². The third-order valence-electron chi connectivity index (χ3n) is 4.55. The number of nitrogens with zero attached hydrogens (tertiary/aromatic N) is 3. The van der Waals surface area contributed by atoms with Crippen LogP contribution in [0.25, 0.3) is 5.65 Å². The lowest BCUT2D eigenvalue weighted by molar-refractivity contribution is 0.0731. The van der Waals surface area contributed by atoms with Crippen molar-refractivity contribution in [3.63, 3.8) is 0 Å². The van der Waals surface area contributed by atoms with Crippen LogP contribution in [-0.4, -0.2) is 46.4 Å². The SMILES string of the molecule is Cc1ccc2nc(COc3ccccc3C(=O)N3CCNCC3)cn2c1. The number of aryl methyl sites for hydroxylation is 1. The highest BCUT2D eigenvalue weighted by molar-refractivity contribution is 5.97. The molecule has 0 radical (unpaired) electrons. The lowest BCUT2D eigenvalue weighted by Gasteiger charge is -2.28. The highest BCUT2D eigenvalue weighted by atomic mass is 16.5. The summed E-state index contributed by atoms with van der Waals surface area (Å²) in [5.41, 5.74) is 3.50. The number of amides is 1. The number of hydrogen-bond donors (Lipinski definition) is 1. The van der Waals surface area contributed by atoms with Crippen molar-refractivity contribution >= 4 is 11.6 Å². The average molecular weight is 350 g/mol. The molecule has 0 saturated carbocycles. The number of ether oxygens (including phenoxy) is 1. The van der Waals surface area contributed by atoms with E-state index in [2.05, 4.69) is 10.3 Å². The number of carbonyl (C=O) groups is 1. The first kappa shape index (κ1) is 16.6. The van der Waals surface area contributed by atoms with Crippen molar-refractivity contribution in [2.45, 2.75) is 13.5 Å². The number of hydrogen-bond acceptors (Lipinski definition) is 4. The molecule has 0 bridgehead atoms. The van der Waals surface area contributed by atoms with Crippen LogP contribution in [-0.2, 0) is 6.61 Å². The van der Waals surface area contributed by atoms with Crippen LogP contribution in [0.5, 0.6) is 5.75 Å². The van der Waals surface area contributed by atoms with Gasteiger partial charge in [-0.3, -0.25) is 4.79 Å². The van der Waals surface area contributed by atoms with Crippen LogP contribution in [0, 0.1) is 6.92 Å². The minimum Gasteiger partial charge on any atom is -0.486 e. The number of rotatable bonds is 4. The standard InChI is InChI=1S/C20H22N4O2/c1-15-6-7-19-22-16(13-24(19)12-15)14-26-18-5-3-2-4-17(18)20(25)23-10-8-21-9-11-23/h2-7,12-13,21H,8-11,14H2,1H3. The Bertz CT molecular complexity index is 928. The third kappa shape index (κ3) is 3.41. The predicted molar refractivity (Wildman–Crippen MR) is 99.5 cm³/mol. The molecule has 4 rings (SSSR count). The van der Waals surface area contributed by atoms with Gasteiger partial charge in [0.25, 0.3) is 5.91 Å². The van der Waals surface area contributed by atoms with Gasteiger partial charge < -0.3 is 19.4 Å². The molecule has 1 amide bonds. The summed E-state index contributed by atoms with van der Waals surface area (Å²) < 4.78 is 7.95. The smallest absolute Gasteiger partial charge is 0.257 e. The zero-order chi connectivity index (χ0) is 17.9. The first-order valence-corrected chi connectivity index (χ1v) is 8.87. The molecule has 3 heterocycles. The van der Waals surface area contributed by atoms with Crippen LogP contribution in [0.2, 0.25) is 0 Å². The van der Waals surface area contributed by atoms with Gasteiger partial charge in [-0.05, 0) is 30.7 Å². The summed E-state index contributed by atoms with van der Waals surface area (Å²) in [7, 11) is 0. The second kappa shape index (κ2) is 7.17. The summed E-state index contributed by atoms with van der Waals surface area (Å²) in [6.45, 7) is 5.48. The van der Waals surface area contributed by atoms with E-state index >= 15 is 0 Å². The topological polar surface area (TPSA) is 58.9 Å². The third-order valence-corrected chi connectivity index (χ3v) is 4.55. The molecule has 0 unspecified atom stereocenters. The van der Waals surface area contributed by atoms with Gasteiger partial charge in [-0.1, -0.05) is 18.2 Å². The number of piperazine rings is 1. The Balaban J connectivity index is 1.51. The molecule has 134 valence electrons. The number of para-hydroxylation sites is 1. The number of nitrogens with one attached hydrogen (secondary N) is 1. The molecule has 6 heteroatoms. The molecule has 1 aromatic carbocycles.